The summed E-state index contributed by atoms with van der Waals surface area (Å²) in [5.41, 5.74) is 7.24. The van der Waals surface area contributed by atoms with Gasteiger partial charge >= 0.3 is 0 Å². The van der Waals surface area contributed by atoms with Crippen molar-refractivity contribution in [3.8, 4) is 16.4 Å². The molecule has 0 aliphatic carbocycles. The van der Waals surface area contributed by atoms with Crippen molar-refractivity contribution in [2.24, 2.45) is 0 Å². The lowest BCUT2D eigenvalue weighted by molar-refractivity contribution is 0.102. The number of aromatic nitrogens is 4. The Morgan fingerprint density at radius 3 is 2.56 bits per heavy atom. The summed E-state index contributed by atoms with van der Waals surface area (Å²) in [5.74, 6) is -0.294. The zero-order valence-corrected chi connectivity index (χ0v) is 18.5. The Morgan fingerprint density at radius 2 is 1.81 bits per heavy atom. The molecule has 0 atom stereocenters. The minimum atomic E-state index is -0.341. The van der Waals surface area contributed by atoms with Gasteiger partial charge in [-0.3, -0.25) is 14.9 Å². The van der Waals surface area contributed by atoms with E-state index in [0.717, 1.165) is 11.3 Å². The summed E-state index contributed by atoms with van der Waals surface area (Å²) in [6, 6.07) is 15.5. The van der Waals surface area contributed by atoms with E-state index in [1.54, 1.807) is 53.9 Å². The Bertz CT molecular complexity index is 1510. The second-order valence-electron chi connectivity index (χ2n) is 6.66. The summed E-state index contributed by atoms with van der Waals surface area (Å²) in [7, 11) is 0. The molecule has 1 amide bonds. The molecule has 0 unspecified atom stereocenters. The van der Waals surface area contributed by atoms with Gasteiger partial charge in [0, 0.05) is 21.4 Å². The van der Waals surface area contributed by atoms with Crippen LogP contribution < -0.4 is 16.6 Å². The molecule has 0 saturated carbocycles. The topological polar surface area (TPSA) is 116 Å². The van der Waals surface area contributed by atoms with Crippen molar-refractivity contribution < 1.29 is 4.79 Å². The average molecular weight is 481 g/mol. The molecule has 32 heavy (non-hydrogen) atoms. The second-order valence-corrected chi connectivity index (χ2v) is 8.99. The number of nitrogen functional groups attached to an aromatic ring is 1. The molecule has 5 rings (SSSR count). The number of amides is 1. The molecule has 3 N–H and O–H groups in total. The fourth-order valence-corrected chi connectivity index (χ4v) is 4.77. The molecule has 0 radical (unpaired) electrons. The first-order chi connectivity index (χ1) is 15.5. The third kappa shape index (κ3) is 3.64. The van der Waals surface area contributed by atoms with Gasteiger partial charge in [-0.05, 0) is 36.4 Å². The minimum Gasteiger partial charge on any atom is -0.390 e. The van der Waals surface area contributed by atoms with Gasteiger partial charge in [-0.25, -0.2) is 0 Å². The smallest absolute Gasteiger partial charge is 0.282 e. The Morgan fingerprint density at radius 1 is 1.06 bits per heavy atom. The van der Waals surface area contributed by atoms with Crippen LogP contribution in [-0.2, 0) is 0 Å². The fraction of sp³-hybridized carbons (Fsp3) is 0. The number of benzene rings is 2. The summed E-state index contributed by atoms with van der Waals surface area (Å²) in [4.78, 5) is 25.5. The van der Waals surface area contributed by atoms with Crippen LogP contribution in [0.2, 0.25) is 5.02 Å². The number of carbonyl (C=O) groups excluding carboxylic acids is 1. The third-order valence-corrected chi connectivity index (χ3v) is 6.55. The molecule has 0 aliphatic heterocycles. The van der Waals surface area contributed by atoms with Crippen molar-refractivity contribution >= 4 is 61.1 Å². The lowest BCUT2D eigenvalue weighted by Gasteiger charge is -2.08. The highest BCUT2D eigenvalue weighted by atomic mass is 35.5. The van der Waals surface area contributed by atoms with Crippen LogP contribution in [-0.4, -0.2) is 25.9 Å². The standard InChI is InChI=1S/C21H13ClN6O2S2/c22-12-6-8-13(9-7-12)28-20(30)15-14(10-31-17(15)23)16(27-28)19-25-26-21(32-19)24-18(29)11-4-2-1-3-5-11/h1-10H,23H2,(H,24,26,29). The van der Waals surface area contributed by atoms with Crippen LogP contribution in [0.25, 0.3) is 27.2 Å². The van der Waals surface area contributed by atoms with Gasteiger partial charge in [-0.1, -0.05) is 41.1 Å². The summed E-state index contributed by atoms with van der Waals surface area (Å²) in [6.07, 6.45) is 0. The number of nitrogens with two attached hydrogens (primary N) is 1. The number of fused-ring (bicyclic) bond motifs is 1. The molecular formula is C21H13ClN6O2S2. The summed E-state index contributed by atoms with van der Waals surface area (Å²) in [6.45, 7) is 0. The van der Waals surface area contributed by atoms with Gasteiger partial charge in [0.2, 0.25) is 5.13 Å². The highest BCUT2D eigenvalue weighted by molar-refractivity contribution is 7.19. The zero-order chi connectivity index (χ0) is 22.2. The molecule has 0 fully saturated rings. The Balaban J connectivity index is 1.59. The summed E-state index contributed by atoms with van der Waals surface area (Å²) in [5, 5.41) is 19.9. The molecule has 0 aliphatic rings. The maximum atomic E-state index is 13.1. The molecule has 8 nitrogen and oxygen atoms in total. The van der Waals surface area contributed by atoms with Crippen molar-refractivity contribution in [1.29, 1.82) is 0 Å². The molecule has 0 saturated heterocycles. The predicted octanol–water partition coefficient (Wildman–Crippen LogP) is 4.45. The van der Waals surface area contributed by atoms with E-state index in [4.69, 9.17) is 17.3 Å². The SMILES string of the molecule is Nc1scc2c(-c3nnc(NC(=O)c4ccccc4)s3)nn(-c3ccc(Cl)cc3)c(=O)c12. The second kappa shape index (κ2) is 8.15. The van der Waals surface area contributed by atoms with E-state index in [0.29, 0.717) is 47.9 Å². The highest BCUT2D eigenvalue weighted by Gasteiger charge is 2.20. The first kappa shape index (κ1) is 20.3. The van der Waals surface area contributed by atoms with E-state index in [1.807, 2.05) is 6.07 Å². The van der Waals surface area contributed by atoms with E-state index < -0.39 is 0 Å². The van der Waals surface area contributed by atoms with Crippen molar-refractivity contribution in [2.45, 2.75) is 0 Å². The van der Waals surface area contributed by atoms with E-state index in [-0.39, 0.29) is 11.5 Å². The number of hydrogen-bond donors (Lipinski definition) is 2. The molecule has 2 aromatic carbocycles. The molecule has 158 valence electrons. The summed E-state index contributed by atoms with van der Waals surface area (Å²) < 4.78 is 1.26. The Labute approximate surface area is 193 Å². The number of anilines is 2. The normalized spacial score (nSPS) is 11.0. The van der Waals surface area contributed by atoms with Crippen LogP contribution in [0.3, 0.4) is 0 Å². The summed E-state index contributed by atoms with van der Waals surface area (Å²) >= 11 is 8.39. The monoisotopic (exact) mass is 480 g/mol. The van der Waals surface area contributed by atoms with Crippen molar-refractivity contribution in [3.63, 3.8) is 0 Å². The highest BCUT2D eigenvalue weighted by Crippen LogP contribution is 2.35. The first-order valence-electron chi connectivity index (χ1n) is 9.27. The fourth-order valence-electron chi connectivity index (χ4n) is 3.12. The van der Waals surface area contributed by atoms with Crippen molar-refractivity contribution in [3.05, 3.63) is 80.9 Å². The molecule has 3 heterocycles. The maximum absolute atomic E-state index is 13.1. The zero-order valence-electron chi connectivity index (χ0n) is 16.2. The number of rotatable bonds is 4. The van der Waals surface area contributed by atoms with Crippen LogP contribution in [0.1, 0.15) is 10.4 Å². The maximum Gasteiger partial charge on any atom is 0.282 e. The van der Waals surface area contributed by atoms with E-state index in [1.165, 1.54) is 16.0 Å². The molecule has 3 aromatic heterocycles. The largest absolute Gasteiger partial charge is 0.390 e. The van der Waals surface area contributed by atoms with Crippen LogP contribution in [0.4, 0.5) is 10.1 Å². The first-order valence-corrected chi connectivity index (χ1v) is 11.3. The van der Waals surface area contributed by atoms with Gasteiger partial charge in [0.05, 0.1) is 16.1 Å². The molecule has 5 aromatic rings. The Kier molecular flexibility index (Phi) is 5.17. The van der Waals surface area contributed by atoms with E-state index in [2.05, 4.69) is 20.6 Å². The molecular weight excluding hydrogens is 468 g/mol. The van der Waals surface area contributed by atoms with Gasteiger partial charge in [-0.2, -0.15) is 9.78 Å². The third-order valence-electron chi connectivity index (χ3n) is 4.64. The Hall–Kier alpha value is -3.60. The van der Waals surface area contributed by atoms with Crippen molar-refractivity contribution in [2.75, 3.05) is 11.1 Å². The van der Waals surface area contributed by atoms with Crippen LogP contribution in [0, 0.1) is 0 Å². The van der Waals surface area contributed by atoms with Gasteiger partial charge in [0.25, 0.3) is 11.5 Å². The van der Waals surface area contributed by atoms with Crippen LogP contribution in [0.15, 0.2) is 64.8 Å². The number of nitrogens with zero attached hydrogens (tertiary/aromatic N) is 4. The van der Waals surface area contributed by atoms with Crippen LogP contribution >= 0.6 is 34.3 Å². The molecule has 0 spiro atoms. The van der Waals surface area contributed by atoms with Crippen LogP contribution in [0.5, 0.6) is 0 Å². The number of carbonyl (C=O) groups is 1. The van der Waals surface area contributed by atoms with Crippen molar-refractivity contribution in [1.82, 2.24) is 20.0 Å². The number of thiophene rings is 1. The minimum absolute atomic E-state index is 0.294. The van der Waals surface area contributed by atoms with Gasteiger partial charge in [-0.15, -0.1) is 21.5 Å². The predicted molar refractivity (Wildman–Crippen MR) is 128 cm³/mol. The number of hydrogen-bond acceptors (Lipinski definition) is 8. The number of halogens is 1. The lowest BCUT2D eigenvalue weighted by atomic mass is 10.2. The van der Waals surface area contributed by atoms with Gasteiger partial charge in [0.15, 0.2) is 5.01 Å². The van der Waals surface area contributed by atoms with E-state index >= 15 is 0 Å². The molecule has 11 heteroatoms. The lowest BCUT2D eigenvalue weighted by Crippen LogP contribution is -2.22. The molecule has 0 bridgehead atoms. The quantitative estimate of drug-likeness (QED) is 0.392. The van der Waals surface area contributed by atoms with E-state index in [9.17, 15) is 9.59 Å². The average Bonchev–Trinajstić information content (AvgIpc) is 3.43. The number of nitrogens with one attached hydrogen (secondary N) is 1. The van der Waals surface area contributed by atoms with Gasteiger partial charge < -0.3 is 5.73 Å². The van der Waals surface area contributed by atoms with Gasteiger partial charge in [0.1, 0.15) is 5.69 Å².